The minimum absolute atomic E-state index is 0.0268. The second-order valence-corrected chi connectivity index (χ2v) is 6.28. The fourth-order valence-corrected chi connectivity index (χ4v) is 3.70. The van der Waals surface area contributed by atoms with Gasteiger partial charge in [0.15, 0.2) is 5.13 Å². The zero-order valence-electron chi connectivity index (χ0n) is 12.5. The number of nitrogen functional groups attached to an aromatic ring is 1. The van der Waals surface area contributed by atoms with Crippen molar-refractivity contribution in [2.75, 3.05) is 30.7 Å². The van der Waals surface area contributed by atoms with E-state index >= 15 is 0 Å². The quantitative estimate of drug-likeness (QED) is 0.746. The molecule has 2 rings (SSSR count). The van der Waals surface area contributed by atoms with Gasteiger partial charge in [0.25, 0.3) is 5.91 Å². The molecule has 0 radical (unpaired) electrons. The topological polar surface area (TPSA) is 91.5 Å². The van der Waals surface area contributed by atoms with E-state index in [0.717, 1.165) is 32.2 Å². The van der Waals surface area contributed by atoms with Crippen LogP contribution in [0.1, 0.15) is 48.7 Å². The Morgan fingerprint density at radius 3 is 2.81 bits per heavy atom. The molecular weight excluding hydrogens is 288 g/mol. The first kappa shape index (κ1) is 16.0. The summed E-state index contributed by atoms with van der Waals surface area (Å²) in [7, 11) is 0. The van der Waals surface area contributed by atoms with Crippen molar-refractivity contribution < 1.29 is 9.90 Å². The molecule has 6 nitrogen and oxygen atoms in total. The number of aromatic nitrogens is 1. The molecule has 1 aliphatic carbocycles. The van der Waals surface area contributed by atoms with Crippen molar-refractivity contribution in [1.82, 2.24) is 9.88 Å². The van der Waals surface area contributed by atoms with E-state index in [9.17, 15) is 9.90 Å². The third-order valence-electron chi connectivity index (χ3n) is 3.79. The van der Waals surface area contributed by atoms with Gasteiger partial charge in [0, 0.05) is 19.1 Å². The van der Waals surface area contributed by atoms with Crippen LogP contribution in [0.15, 0.2) is 0 Å². The standard InChI is InChI=1S/C14H24N4O2S/c1-2-16-14-17-12(15)11(21-14)13(20)18(8-9-19)10-6-4-3-5-7-10/h10,19H,2-9,15H2,1H3,(H,16,17). The molecule has 0 unspecified atom stereocenters. The lowest BCUT2D eigenvalue weighted by atomic mass is 9.94. The Morgan fingerprint density at radius 1 is 1.48 bits per heavy atom. The van der Waals surface area contributed by atoms with Gasteiger partial charge in [-0.1, -0.05) is 30.6 Å². The lowest BCUT2D eigenvalue weighted by molar-refractivity contribution is 0.0591. The Morgan fingerprint density at radius 2 is 2.19 bits per heavy atom. The molecule has 118 valence electrons. The first-order chi connectivity index (χ1) is 10.2. The Kier molecular flexibility index (Phi) is 5.81. The maximum Gasteiger partial charge on any atom is 0.268 e. The highest BCUT2D eigenvalue weighted by Gasteiger charge is 2.28. The van der Waals surface area contributed by atoms with Gasteiger partial charge in [-0.3, -0.25) is 4.79 Å². The molecule has 0 bridgehead atoms. The number of nitrogens with one attached hydrogen (secondary N) is 1. The molecule has 1 saturated carbocycles. The molecular formula is C14H24N4O2S. The number of anilines is 2. The zero-order valence-corrected chi connectivity index (χ0v) is 13.3. The number of hydrogen-bond acceptors (Lipinski definition) is 6. The highest BCUT2D eigenvalue weighted by Crippen LogP contribution is 2.29. The van der Waals surface area contributed by atoms with Crippen molar-refractivity contribution in [2.45, 2.75) is 45.1 Å². The van der Waals surface area contributed by atoms with Crippen LogP contribution in [-0.4, -0.2) is 46.6 Å². The van der Waals surface area contributed by atoms with Crippen molar-refractivity contribution >= 4 is 28.2 Å². The van der Waals surface area contributed by atoms with Crippen LogP contribution in [0.3, 0.4) is 0 Å². The van der Waals surface area contributed by atoms with Crippen LogP contribution in [0.2, 0.25) is 0 Å². The Balaban J connectivity index is 2.16. The number of thiazole rings is 1. The minimum atomic E-state index is -0.102. The molecule has 1 amide bonds. The molecule has 1 aliphatic rings. The first-order valence-electron chi connectivity index (χ1n) is 7.59. The summed E-state index contributed by atoms with van der Waals surface area (Å²) in [5.74, 6) is 0.176. The molecule has 0 aliphatic heterocycles. The van der Waals surface area contributed by atoms with Crippen LogP contribution in [-0.2, 0) is 0 Å². The highest BCUT2D eigenvalue weighted by atomic mass is 32.1. The molecule has 7 heteroatoms. The molecule has 21 heavy (non-hydrogen) atoms. The van der Waals surface area contributed by atoms with Crippen LogP contribution in [0.25, 0.3) is 0 Å². The number of nitrogens with two attached hydrogens (primary N) is 1. The summed E-state index contributed by atoms with van der Waals surface area (Å²) in [6.45, 7) is 3.04. The van der Waals surface area contributed by atoms with Crippen molar-refractivity contribution in [3.8, 4) is 0 Å². The average Bonchev–Trinajstić information content (AvgIpc) is 2.86. The second-order valence-electron chi connectivity index (χ2n) is 5.28. The number of hydrogen-bond donors (Lipinski definition) is 3. The van der Waals surface area contributed by atoms with E-state index in [0.29, 0.717) is 16.6 Å². The van der Waals surface area contributed by atoms with E-state index in [1.807, 2.05) is 6.92 Å². The van der Waals surface area contributed by atoms with Gasteiger partial charge in [-0.2, -0.15) is 0 Å². The summed E-state index contributed by atoms with van der Waals surface area (Å²) < 4.78 is 0. The molecule has 1 heterocycles. The fraction of sp³-hybridized carbons (Fsp3) is 0.714. The average molecular weight is 312 g/mol. The van der Waals surface area contributed by atoms with E-state index in [2.05, 4.69) is 10.3 Å². The van der Waals surface area contributed by atoms with Gasteiger partial charge < -0.3 is 21.1 Å². The number of amides is 1. The number of aliphatic hydroxyl groups excluding tert-OH is 1. The summed E-state index contributed by atoms with van der Waals surface area (Å²) in [6.07, 6.45) is 5.52. The summed E-state index contributed by atoms with van der Waals surface area (Å²) in [4.78, 5) is 19.2. The summed E-state index contributed by atoms with van der Waals surface area (Å²) in [6, 6.07) is 0.211. The van der Waals surface area contributed by atoms with Crippen LogP contribution in [0.4, 0.5) is 10.9 Å². The molecule has 0 spiro atoms. The maximum atomic E-state index is 12.7. The Labute approximate surface area is 129 Å². The third kappa shape index (κ3) is 3.85. The molecule has 1 aromatic heterocycles. The molecule has 1 aromatic rings. The maximum absolute atomic E-state index is 12.7. The number of rotatable bonds is 6. The van der Waals surface area contributed by atoms with E-state index in [4.69, 9.17) is 5.73 Å². The number of carbonyl (C=O) groups excluding carboxylic acids is 1. The molecule has 0 saturated heterocycles. The Hall–Kier alpha value is -1.34. The summed E-state index contributed by atoms with van der Waals surface area (Å²) >= 11 is 1.29. The Bertz CT molecular complexity index is 472. The van der Waals surface area contributed by atoms with Crippen molar-refractivity contribution in [3.05, 3.63) is 4.88 Å². The number of carbonyl (C=O) groups is 1. The van der Waals surface area contributed by atoms with E-state index in [1.54, 1.807) is 4.90 Å². The fourth-order valence-electron chi connectivity index (χ4n) is 2.79. The molecule has 0 atom stereocenters. The van der Waals surface area contributed by atoms with Gasteiger partial charge in [-0.15, -0.1) is 0 Å². The number of aliphatic hydroxyl groups is 1. The summed E-state index contributed by atoms with van der Waals surface area (Å²) in [5, 5.41) is 13.0. The van der Waals surface area contributed by atoms with E-state index in [-0.39, 0.29) is 24.4 Å². The predicted octanol–water partition coefficient (Wildman–Crippen LogP) is 1.92. The van der Waals surface area contributed by atoms with Crippen LogP contribution < -0.4 is 11.1 Å². The van der Waals surface area contributed by atoms with Crippen molar-refractivity contribution in [2.24, 2.45) is 0 Å². The largest absolute Gasteiger partial charge is 0.395 e. The van der Waals surface area contributed by atoms with E-state index in [1.165, 1.54) is 17.8 Å². The van der Waals surface area contributed by atoms with Gasteiger partial charge >= 0.3 is 0 Å². The summed E-state index contributed by atoms with van der Waals surface area (Å²) in [5.41, 5.74) is 5.89. The monoisotopic (exact) mass is 312 g/mol. The lowest BCUT2D eigenvalue weighted by Gasteiger charge is -2.33. The molecule has 0 aromatic carbocycles. The third-order valence-corrected chi connectivity index (χ3v) is 4.81. The van der Waals surface area contributed by atoms with Crippen molar-refractivity contribution in [1.29, 1.82) is 0 Å². The van der Waals surface area contributed by atoms with Gasteiger partial charge in [-0.25, -0.2) is 4.98 Å². The van der Waals surface area contributed by atoms with Gasteiger partial charge in [0.2, 0.25) is 0 Å². The SMILES string of the molecule is CCNc1nc(N)c(C(=O)N(CCO)C2CCCCC2)s1. The van der Waals surface area contributed by atoms with Crippen molar-refractivity contribution in [3.63, 3.8) is 0 Å². The normalized spacial score (nSPS) is 15.9. The lowest BCUT2D eigenvalue weighted by Crippen LogP contribution is -2.43. The minimum Gasteiger partial charge on any atom is -0.395 e. The second kappa shape index (κ2) is 7.61. The first-order valence-corrected chi connectivity index (χ1v) is 8.41. The van der Waals surface area contributed by atoms with Gasteiger partial charge in [0.1, 0.15) is 10.7 Å². The highest BCUT2D eigenvalue weighted by molar-refractivity contribution is 7.18. The number of nitrogens with zero attached hydrogens (tertiary/aromatic N) is 2. The van der Waals surface area contributed by atoms with Gasteiger partial charge in [-0.05, 0) is 19.8 Å². The van der Waals surface area contributed by atoms with Crippen LogP contribution >= 0.6 is 11.3 Å². The molecule has 1 fully saturated rings. The molecule has 4 N–H and O–H groups in total. The van der Waals surface area contributed by atoms with Crippen LogP contribution in [0, 0.1) is 0 Å². The van der Waals surface area contributed by atoms with E-state index < -0.39 is 0 Å². The zero-order chi connectivity index (χ0) is 15.2. The van der Waals surface area contributed by atoms with Crippen LogP contribution in [0.5, 0.6) is 0 Å². The smallest absolute Gasteiger partial charge is 0.268 e. The predicted molar refractivity (Wildman–Crippen MR) is 85.7 cm³/mol. The van der Waals surface area contributed by atoms with Gasteiger partial charge in [0.05, 0.1) is 6.61 Å².